The highest BCUT2D eigenvalue weighted by molar-refractivity contribution is 5.98. The molecule has 1 aliphatic rings. The Morgan fingerprint density at radius 3 is 2.93 bits per heavy atom. The number of benzene rings is 1. The van der Waals surface area contributed by atoms with Crippen molar-refractivity contribution < 1.29 is 19.2 Å². The summed E-state index contributed by atoms with van der Waals surface area (Å²) in [5, 5.41) is 11.0. The zero-order chi connectivity index (χ0) is 19.4. The van der Waals surface area contributed by atoms with Gasteiger partial charge in [0.1, 0.15) is 6.10 Å². The summed E-state index contributed by atoms with van der Waals surface area (Å²) in [6, 6.07) is 7.03. The Labute approximate surface area is 157 Å². The fourth-order valence-corrected chi connectivity index (χ4v) is 2.93. The molecule has 0 aliphatic carbocycles. The van der Waals surface area contributed by atoms with Crippen LogP contribution in [0.5, 0.6) is 0 Å². The number of rotatable bonds is 6. The molecule has 8 nitrogen and oxygen atoms in total. The molecule has 0 saturated carbocycles. The Balaban J connectivity index is 1.73. The lowest BCUT2D eigenvalue weighted by atomic mass is 10.0. The minimum atomic E-state index is -0.482. The van der Waals surface area contributed by atoms with E-state index >= 15 is 0 Å². The normalized spacial score (nSPS) is 15.8. The average Bonchev–Trinajstić information content (AvgIpc) is 3.32. The Kier molecular flexibility index (Phi) is 5.54. The van der Waals surface area contributed by atoms with Gasteiger partial charge in [0, 0.05) is 24.6 Å². The van der Waals surface area contributed by atoms with E-state index in [1.165, 1.54) is 11.8 Å². The fourth-order valence-electron chi connectivity index (χ4n) is 2.93. The highest BCUT2D eigenvalue weighted by atomic mass is 16.6. The predicted octanol–water partition coefficient (Wildman–Crippen LogP) is 2.16. The van der Waals surface area contributed by atoms with Crippen molar-refractivity contribution in [3.8, 4) is 11.1 Å². The van der Waals surface area contributed by atoms with Crippen molar-refractivity contribution >= 4 is 17.6 Å². The molecule has 1 unspecified atom stereocenters. The molecule has 1 aromatic carbocycles. The van der Waals surface area contributed by atoms with Gasteiger partial charge in [-0.15, -0.1) is 0 Å². The molecular formula is C19H22N4O4. The lowest BCUT2D eigenvalue weighted by Crippen LogP contribution is -2.32. The first-order chi connectivity index (χ1) is 13.0. The number of amides is 1. The number of hydrogen-bond acceptors (Lipinski definition) is 6. The van der Waals surface area contributed by atoms with Gasteiger partial charge in [-0.1, -0.05) is 24.2 Å². The van der Waals surface area contributed by atoms with Gasteiger partial charge >= 0.3 is 5.97 Å². The van der Waals surface area contributed by atoms with Gasteiger partial charge in [-0.25, -0.2) is 4.79 Å². The second-order valence-corrected chi connectivity index (χ2v) is 6.26. The highest BCUT2D eigenvalue weighted by Gasteiger charge is 2.22. The van der Waals surface area contributed by atoms with E-state index in [2.05, 4.69) is 15.6 Å². The van der Waals surface area contributed by atoms with Crippen LogP contribution in [0.4, 0.5) is 0 Å². The van der Waals surface area contributed by atoms with Gasteiger partial charge in [0.2, 0.25) is 0 Å². The van der Waals surface area contributed by atoms with E-state index in [1.54, 1.807) is 31.4 Å². The molecule has 1 N–H and O–H groups in total. The van der Waals surface area contributed by atoms with Gasteiger partial charge < -0.3 is 14.9 Å². The summed E-state index contributed by atoms with van der Waals surface area (Å²) in [7, 11) is 2.99. The molecular weight excluding hydrogens is 348 g/mol. The maximum absolute atomic E-state index is 12.5. The third-order valence-corrected chi connectivity index (χ3v) is 4.45. The molecule has 8 heteroatoms. The monoisotopic (exact) mass is 370 g/mol. The number of nitrogens with zero attached hydrogens (tertiary/aromatic N) is 3. The maximum Gasteiger partial charge on any atom is 0.356 e. The molecule has 2 heterocycles. The number of nitrogens with one attached hydrogen (secondary N) is 1. The molecule has 1 aromatic heterocycles. The second-order valence-electron chi connectivity index (χ2n) is 6.26. The molecule has 0 radical (unpaired) electrons. The van der Waals surface area contributed by atoms with Crippen LogP contribution in [0.1, 0.15) is 40.6 Å². The lowest BCUT2D eigenvalue weighted by molar-refractivity contribution is 0.0589. The number of carbonyl (C=O) groups is 2. The molecule has 0 saturated heterocycles. The van der Waals surface area contributed by atoms with Crippen LogP contribution >= 0.6 is 0 Å². The summed E-state index contributed by atoms with van der Waals surface area (Å²) in [4.78, 5) is 29.8. The van der Waals surface area contributed by atoms with Crippen LogP contribution in [0, 0.1) is 0 Å². The zero-order valence-corrected chi connectivity index (χ0v) is 15.6. The van der Waals surface area contributed by atoms with Gasteiger partial charge in [0.05, 0.1) is 25.6 Å². The van der Waals surface area contributed by atoms with E-state index in [4.69, 9.17) is 9.57 Å². The van der Waals surface area contributed by atoms with E-state index in [0.717, 1.165) is 18.6 Å². The number of aryl methyl sites for hydroxylation is 1. The summed E-state index contributed by atoms with van der Waals surface area (Å²) < 4.78 is 6.28. The van der Waals surface area contributed by atoms with Crippen molar-refractivity contribution in [3.63, 3.8) is 0 Å². The number of esters is 1. The largest absolute Gasteiger partial charge is 0.464 e. The molecule has 0 spiro atoms. The third-order valence-electron chi connectivity index (χ3n) is 4.45. The number of methoxy groups -OCH3 is 1. The first-order valence-corrected chi connectivity index (χ1v) is 8.74. The molecule has 1 aliphatic heterocycles. The summed E-state index contributed by atoms with van der Waals surface area (Å²) in [6.45, 7) is 2.41. The molecule has 27 heavy (non-hydrogen) atoms. The number of ether oxygens (including phenoxy) is 1. The molecule has 142 valence electrons. The fraction of sp³-hybridized carbons (Fsp3) is 0.368. The molecule has 1 atom stereocenters. The Morgan fingerprint density at radius 2 is 2.22 bits per heavy atom. The van der Waals surface area contributed by atoms with Crippen LogP contribution in [-0.2, 0) is 16.6 Å². The topological polar surface area (TPSA) is 94.8 Å². The first kappa shape index (κ1) is 18.6. The van der Waals surface area contributed by atoms with Crippen LogP contribution in [0.15, 0.2) is 35.6 Å². The third kappa shape index (κ3) is 3.99. The van der Waals surface area contributed by atoms with Crippen molar-refractivity contribution in [1.82, 2.24) is 15.1 Å². The van der Waals surface area contributed by atoms with Crippen molar-refractivity contribution in [2.24, 2.45) is 12.2 Å². The average molecular weight is 370 g/mol. The second kappa shape index (κ2) is 8.03. The van der Waals surface area contributed by atoms with E-state index in [-0.39, 0.29) is 12.0 Å². The predicted molar refractivity (Wildman–Crippen MR) is 99.5 cm³/mol. The number of carbonyl (C=O) groups excluding carboxylic acids is 2. The van der Waals surface area contributed by atoms with E-state index < -0.39 is 5.97 Å². The number of aromatic nitrogens is 2. The van der Waals surface area contributed by atoms with Crippen molar-refractivity contribution in [2.45, 2.75) is 25.9 Å². The Bertz CT molecular complexity index is 888. The summed E-state index contributed by atoms with van der Waals surface area (Å²) in [6.07, 6.45) is 3.03. The van der Waals surface area contributed by atoms with Gasteiger partial charge in [-0.3, -0.25) is 9.48 Å². The van der Waals surface area contributed by atoms with Gasteiger partial charge in [-0.2, -0.15) is 5.10 Å². The van der Waals surface area contributed by atoms with Crippen molar-refractivity contribution in [1.29, 1.82) is 0 Å². The van der Waals surface area contributed by atoms with Crippen LogP contribution in [0.3, 0.4) is 0 Å². The molecule has 0 bridgehead atoms. The van der Waals surface area contributed by atoms with Gasteiger partial charge in [0.25, 0.3) is 5.91 Å². The maximum atomic E-state index is 12.5. The quantitative estimate of drug-likeness (QED) is 0.786. The SMILES string of the molecule is CCC1=NOC(CNC(=O)c2cccc(-c3cnn(C)c3C(=O)OC)c2)C1. The Morgan fingerprint density at radius 1 is 1.41 bits per heavy atom. The summed E-state index contributed by atoms with van der Waals surface area (Å²) in [5.41, 5.74) is 3.15. The molecule has 0 fully saturated rings. The van der Waals surface area contributed by atoms with E-state index in [1.807, 2.05) is 13.0 Å². The highest BCUT2D eigenvalue weighted by Crippen LogP contribution is 2.25. The lowest BCUT2D eigenvalue weighted by Gasteiger charge is -2.11. The van der Waals surface area contributed by atoms with E-state index in [9.17, 15) is 9.59 Å². The standard InChI is InChI=1S/C19H22N4O4/c1-4-14-9-15(27-22-14)10-20-18(24)13-7-5-6-12(8-13)16-11-21-23(2)17(16)19(25)26-3/h5-8,11,15H,4,9-10H2,1-3H3,(H,20,24). The zero-order valence-electron chi connectivity index (χ0n) is 15.6. The molecule has 3 rings (SSSR count). The van der Waals surface area contributed by atoms with E-state index in [0.29, 0.717) is 28.9 Å². The number of hydrogen-bond donors (Lipinski definition) is 1. The Hall–Kier alpha value is -3.16. The van der Waals surface area contributed by atoms with Crippen LogP contribution < -0.4 is 5.32 Å². The van der Waals surface area contributed by atoms with Crippen LogP contribution in [-0.4, -0.2) is 47.1 Å². The smallest absolute Gasteiger partial charge is 0.356 e. The van der Waals surface area contributed by atoms with Gasteiger partial charge in [-0.05, 0) is 24.1 Å². The summed E-state index contributed by atoms with van der Waals surface area (Å²) in [5.74, 6) is -0.695. The number of oxime groups is 1. The summed E-state index contributed by atoms with van der Waals surface area (Å²) >= 11 is 0. The van der Waals surface area contributed by atoms with Crippen molar-refractivity contribution in [3.05, 3.63) is 41.7 Å². The van der Waals surface area contributed by atoms with Crippen LogP contribution in [0.25, 0.3) is 11.1 Å². The van der Waals surface area contributed by atoms with Crippen molar-refractivity contribution in [2.75, 3.05) is 13.7 Å². The molecule has 1 amide bonds. The van der Waals surface area contributed by atoms with Crippen LogP contribution in [0.2, 0.25) is 0 Å². The first-order valence-electron chi connectivity index (χ1n) is 8.74. The minimum Gasteiger partial charge on any atom is -0.464 e. The van der Waals surface area contributed by atoms with Gasteiger partial charge in [0.15, 0.2) is 5.69 Å². The molecule has 2 aromatic rings. The minimum absolute atomic E-state index is 0.128.